The molecule has 0 fully saturated rings. The number of aliphatic hydroxyl groups is 3. The van der Waals surface area contributed by atoms with Gasteiger partial charge in [-0.15, -0.1) is 0 Å². The molecule has 0 saturated heterocycles. The molecule has 0 aliphatic heterocycles. The summed E-state index contributed by atoms with van der Waals surface area (Å²) in [5.41, 5.74) is 0.942. The molecule has 0 bridgehead atoms. The molecule has 0 saturated carbocycles. The minimum atomic E-state index is -0.806. The number of carbonyl (C=O) groups excluding carboxylic acids is 1. The minimum Gasteiger partial charge on any atom is -0.461 e. The van der Waals surface area contributed by atoms with Crippen molar-refractivity contribution in [2.45, 2.75) is 25.6 Å². The molecule has 0 radical (unpaired) electrons. The number of hydrogen-bond donors (Lipinski definition) is 3. The third-order valence-corrected chi connectivity index (χ3v) is 3.09. The molecular weight excluding hydrogens is 302 g/mol. The van der Waals surface area contributed by atoms with Crippen molar-refractivity contribution < 1.29 is 29.6 Å². The van der Waals surface area contributed by atoms with E-state index in [9.17, 15) is 9.90 Å². The van der Waals surface area contributed by atoms with E-state index in [0.717, 1.165) is 5.56 Å². The van der Waals surface area contributed by atoms with Crippen LogP contribution in [0.1, 0.15) is 18.4 Å². The van der Waals surface area contributed by atoms with Crippen LogP contribution >= 0.6 is 0 Å². The highest BCUT2D eigenvalue weighted by atomic mass is 16.5. The Morgan fingerprint density at radius 3 is 2.52 bits per heavy atom. The van der Waals surface area contributed by atoms with Crippen molar-refractivity contribution in [2.75, 3.05) is 33.2 Å². The van der Waals surface area contributed by atoms with Gasteiger partial charge in [-0.25, -0.2) is 0 Å². The van der Waals surface area contributed by atoms with E-state index in [1.165, 1.54) is 4.90 Å². The Morgan fingerprint density at radius 1 is 1.17 bits per heavy atom. The molecule has 1 atom stereocenters. The zero-order valence-electron chi connectivity index (χ0n) is 13.1. The van der Waals surface area contributed by atoms with Crippen molar-refractivity contribution in [1.29, 1.82) is 0 Å². The Bertz CT molecular complexity index is 424. The number of benzene rings is 1. The van der Waals surface area contributed by atoms with Crippen molar-refractivity contribution >= 4 is 5.97 Å². The number of nitrogens with zero attached hydrogens (tertiary/aromatic N) is 1. The number of ether oxygens (including phenoxy) is 2. The normalized spacial score (nSPS) is 12.3. The van der Waals surface area contributed by atoms with Crippen molar-refractivity contribution in [3.63, 3.8) is 0 Å². The average Bonchev–Trinajstić information content (AvgIpc) is 2.58. The van der Waals surface area contributed by atoms with Crippen LogP contribution in [0.25, 0.3) is 0 Å². The lowest BCUT2D eigenvalue weighted by atomic mass is 10.2. The molecule has 0 amide bonds. The van der Waals surface area contributed by atoms with Gasteiger partial charge in [-0.2, -0.15) is 0 Å². The van der Waals surface area contributed by atoms with Crippen LogP contribution in [0.15, 0.2) is 30.3 Å². The maximum absolute atomic E-state index is 11.5. The molecule has 1 aromatic rings. The van der Waals surface area contributed by atoms with Crippen LogP contribution < -0.4 is 0 Å². The van der Waals surface area contributed by atoms with E-state index in [0.29, 0.717) is 13.0 Å². The zero-order chi connectivity index (χ0) is 16.9. The fraction of sp³-hybridized carbons (Fsp3) is 0.562. The van der Waals surface area contributed by atoms with Crippen LogP contribution in [0.5, 0.6) is 0 Å². The van der Waals surface area contributed by atoms with Crippen LogP contribution in [0.3, 0.4) is 0 Å². The predicted octanol–water partition coefficient (Wildman–Crippen LogP) is 0.0891. The van der Waals surface area contributed by atoms with E-state index < -0.39 is 6.10 Å². The van der Waals surface area contributed by atoms with Crippen LogP contribution in [0, 0.1) is 0 Å². The Hall–Kier alpha value is -1.51. The third-order valence-electron chi connectivity index (χ3n) is 3.09. The van der Waals surface area contributed by atoms with E-state index in [1.54, 1.807) is 0 Å². The highest BCUT2D eigenvalue weighted by molar-refractivity contribution is 5.69. The second-order valence-electron chi connectivity index (χ2n) is 5.11. The van der Waals surface area contributed by atoms with Gasteiger partial charge in [0.15, 0.2) is 0 Å². The number of esters is 1. The van der Waals surface area contributed by atoms with Gasteiger partial charge in [0.2, 0.25) is 0 Å². The van der Waals surface area contributed by atoms with Gasteiger partial charge >= 0.3 is 5.97 Å². The van der Waals surface area contributed by atoms with E-state index >= 15 is 0 Å². The summed E-state index contributed by atoms with van der Waals surface area (Å²) in [5, 5.41) is 27.3. The van der Waals surface area contributed by atoms with Gasteiger partial charge in [0.05, 0.1) is 26.2 Å². The molecule has 0 aliphatic rings. The van der Waals surface area contributed by atoms with E-state index in [-0.39, 0.29) is 45.6 Å². The molecule has 1 rings (SSSR count). The Balaban J connectivity index is 2.02. The number of aliphatic hydroxyl groups excluding tert-OH is 3. The molecule has 7 heteroatoms. The molecule has 0 aromatic heterocycles. The second kappa shape index (κ2) is 12.0. The molecule has 1 aromatic carbocycles. The van der Waals surface area contributed by atoms with E-state index in [2.05, 4.69) is 0 Å². The lowest BCUT2D eigenvalue weighted by Gasteiger charge is -2.20. The second-order valence-corrected chi connectivity index (χ2v) is 5.11. The number of hydrogen-bond acceptors (Lipinski definition) is 7. The van der Waals surface area contributed by atoms with Crippen molar-refractivity contribution in [1.82, 2.24) is 4.90 Å². The first-order valence-corrected chi connectivity index (χ1v) is 7.55. The van der Waals surface area contributed by atoms with E-state index in [1.807, 2.05) is 30.3 Å². The van der Waals surface area contributed by atoms with Gasteiger partial charge in [-0.05, 0) is 12.0 Å². The van der Waals surface area contributed by atoms with Gasteiger partial charge in [0.25, 0.3) is 0 Å². The summed E-state index contributed by atoms with van der Waals surface area (Å²) >= 11 is 0. The molecular formula is C16H25NO6. The van der Waals surface area contributed by atoms with Crippen molar-refractivity contribution in [3.8, 4) is 0 Å². The topological polar surface area (TPSA) is 99.5 Å². The Morgan fingerprint density at radius 2 is 1.87 bits per heavy atom. The van der Waals surface area contributed by atoms with Crippen LogP contribution in [-0.4, -0.2) is 65.5 Å². The quantitative estimate of drug-likeness (QED) is 0.284. The van der Waals surface area contributed by atoms with E-state index in [4.69, 9.17) is 19.7 Å². The summed E-state index contributed by atoms with van der Waals surface area (Å²) in [6.07, 6.45) is -0.0498. The highest BCUT2D eigenvalue weighted by Crippen LogP contribution is 2.03. The van der Waals surface area contributed by atoms with Crippen molar-refractivity contribution in [2.24, 2.45) is 0 Å². The summed E-state index contributed by atoms with van der Waals surface area (Å²) in [6, 6.07) is 9.45. The van der Waals surface area contributed by atoms with Gasteiger partial charge in [0, 0.05) is 19.6 Å². The largest absolute Gasteiger partial charge is 0.461 e. The smallest absolute Gasteiger partial charge is 0.306 e. The van der Waals surface area contributed by atoms with Gasteiger partial charge < -0.3 is 24.8 Å². The van der Waals surface area contributed by atoms with Crippen LogP contribution in [0.2, 0.25) is 0 Å². The molecule has 130 valence electrons. The molecule has 0 spiro atoms. The molecule has 7 nitrogen and oxygen atoms in total. The standard InChI is InChI=1S/C16H25NO6/c18-12-17(13-19)9-15(20)11-22-8-4-7-16(21)23-10-14-5-2-1-3-6-14/h1-3,5-6,15,18-20H,4,7-13H2. The fourth-order valence-electron chi connectivity index (χ4n) is 1.86. The first-order valence-electron chi connectivity index (χ1n) is 7.55. The van der Waals surface area contributed by atoms with Crippen LogP contribution in [0.4, 0.5) is 0 Å². The summed E-state index contributed by atoms with van der Waals surface area (Å²) in [5.74, 6) is -0.287. The Kier molecular flexibility index (Phi) is 10.2. The molecule has 1 unspecified atom stereocenters. The first-order chi connectivity index (χ1) is 11.2. The number of carbonyl (C=O) groups is 1. The molecule has 3 N–H and O–H groups in total. The molecule has 0 aliphatic carbocycles. The lowest BCUT2D eigenvalue weighted by Crippen LogP contribution is -2.36. The van der Waals surface area contributed by atoms with Gasteiger partial charge in [0.1, 0.15) is 6.61 Å². The summed E-state index contributed by atoms with van der Waals surface area (Å²) in [6.45, 7) is 0.121. The predicted molar refractivity (Wildman–Crippen MR) is 83.2 cm³/mol. The summed E-state index contributed by atoms with van der Waals surface area (Å²) in [7, 11) is 0. The summed E-state index contributed by atoms with van der Waals surface area (Å²) < 4.78 is 10.4. The maximum Gasteiger partial charge on any atom is 0.306 e. The fourth-order valence-corrected chi connectivity index (χ4v) is 1.86. The lowest BCUT2D eigenvalue weighted by molar-refractivity contribution is -0.145. The zero-order valence-corrected chi connectivity index (χ0v) is 13.1. The Labute approximate surface area is 136 Å². The number of rotatable bonds is 12. The SMILES string of the molecule is O=C(CCCOCC(O)CN(CO)CO)OCc1ccccc1. The molecule has 0 heterocycles. The monoisotopic (exact) mass is 327 g/mol. The highest BCUT2D eigenvalue weighted by Gasteiger charge is 2.10. The van der Waals surface area contributed by atoms with Crippen molar-refractivity contribution in [3.05, 3.63) is 35.9 Å². The maximum atomic E-state index is 11.5. The minimum absolute atomic E-state index is 0.0789. The van der Waals surface area contributed by atoms with Crippen LogP contribution in [-0.2, 0) is 20.9 Å². The van der Waals surface area contributed by atoms with Gasteiger partial charge in [-0.3, -0.25) is 9.69 Å². The molecule has 23 heavy (non-hydrogen) atoms. The first kappa shape index (κ1) is 19.5. The third kappa shape index (κ3) is 9.27. The summed E-state index contributed by atoms with van der Waals surface area (Å²) in [4.78, 5) is 12.8. The average molecular weight is 327 g/mol. The van der Waals surface area contributed by atoms with Gasteiger partial charge in [-0.1, -0.05) is 30.3 Å².